The highest BCUT2D eigenvalue weighted by Crippen LogP contribution is 2.31. The van der Waals surface area contributed by atoms with E-state index >= 15 is 0 Å². The Labute approximate surface area is 189 Å². The van der Waals surface area contributed by atoms with Crippen molar-refractivity contribution in [2.45, 2.75) is 18.0 Å². The summed E-state index contributed by atoms with van der Waals surface area (Å²) >= 11 is 0. The van der Waals surface area contributed by atoms with Crippen LogP contribution in [0.5, 0.6) is 0 Å². The van der Waals surface area contributed by atoms with Gasteiger partial charge in [-0.25, -0.2) is 13.8 Å². The summed E-state index contributed by atoms with van der Waals surface area (Å²) in [6.45, 7) is 1.08. The summed E-state index contributed by atoms with van der Waals surface area (Å²) < 4.78 is 66.7. The van der Waals surface area contributed by atoms with Crippen LogP contribution in [-0.4, -0.2) is 27.1 Å². The molecule has 0 saturated heterocycles. The first kappa shape index (κ1) is 24.0. The summed E-state index contributed by atoms with van der Waals surface area (Å²) in [6, 6.07) is 19.0. The molecule has 0 aromatic heterocycles. The zero-order chi connectivity index (χ0) is 24.1. The minimum atomic E-state index is -4.59. The first-order valence-corrected chi connectivity index (χ1v) is 11.2. The van der Waals surface area contributed by atoms with Gasteiger partial charge < -0.3 is 0 Å². The van der Waals surface area contributed by atoms with Gasteiger partial charge in [0, 0.05) is 5.56 Å². The van der Waals surface area contributed by atoms with Crippen molar-refractivity contribution in [3.05, 3.63) is 95.6 Å². The van der Waals surface area contributed by atoms with E-state index < -0.39 is 34.2 Å². The maximum Gasteiger partial charge on any atom is 0.417 e. The Balaban J connectivity index is 1.85. The highest BCUT2D eigenvalue weighted by atomic mass is 32.2. The Hall–Kier alpha value is -3.66. The zero-order valence-electron chi connectivity index (χ0n) is 17.5. The van der Waals surface area contributed by atoms with Crippen LogP contribution in [0.4, 0.5) is 18.9 Å². The average molecular weight is 475 g/mol. The SMILES string of the molecule is Cc1ccccc1N(CC(=O)N/N=C\c1ccccc1C(F)(F)F)S(=O)(=O)c1ccccc1. The summed E-state index contributed by atoms with van der Waals surface area (Å²) in [6.07, 6.45) is -3.72. The number of hydrazone groups is 1. The fraction of sp³-hybridized carbons (Fsp3) is 0.130. The maximum atomic E-state index is 13.3. The van der Waals surface area contributed by atoms with Crippen molar-refractivity contribution in [2.75, 3.05) is 10.8 Å². The van der Waals surface area contributed by atoms with E-state index in [0.717, 1.165) is 16.6 Å². The molecule has 0 spiro atoms. The third-order valence-electron chi connectivity index (χ3n) is 4.66. The van der Waals surface area contributed by atoms with E-state index in [1.165, 1.54) is 30.3 Å². The number of sulfonamides is 1. The number of carbonyl (C=O) groups excluding carboxylic acids is 1. The minimum Gasteiger partial charge on any atom is -0.271 e. The van der Waals surface area contributed by atoms with E-state index in [1.54, 1.807) is 49.4 Å². The molecular formula is C23H20F3N3O3S. The number of alkyl halides is 3. The van der Waals surface area contributed by atoms with Gasteiger partial charge in [0.15, 0.2) is 0 Å². The van der Waals surface area contributed by atoms with Gasteiger partial charge in [-0.1, -0.05) is 54.6 Å². The number of hydrogen-bond donors (Lipinski definition) is 1. The van der Waals surface area contributed by atoms with Crippen molar-refractivity contribution < 1.29 is 26.4 Å². The number of nitrogens with zero attached hydrogens (tertiary/aromatic N) is 2. The molecule has 10 heteroatoms. The van der Waals surface area contributed by atoms with Crippen molar-refractivity contribution in [3.63, 3.8) is 0 Å². The largest absolute Gasteiger partial charge is 0.417 e. The van der Waals surface area contributed by atoms with Crippen molar-refractivity contribution >= 4 is 27.8 Å². The number of benzene rings is 3. The molecule has 0 unspecified atom stereocenters. The number of rotatable bonds is 7. The van der Waals surface area contributed by atoms with Crippen molar-refractivity contribution in [1.29, 1.82) is 0 Å². The Morgan fingerprint density at radius 3 is 2.24 bits per heavy atom. The molecule has 1 amide bonds. The van der Waals surface area contributed by atoms with Gasteiger partial charge in [0.1, 0.15) is 6.54 Å². The lowest BCUT2D eigenvalue weighted by atomic mass is 10.1. The van der Waals surface area contributed by atoms with Gasteiger partial charge in [-0.2, -0.15) is 18.3 Å². The second-order valence-electron chi connectivity index (χ2n) is 6.99. The molecule has 3 aromatic carbocycles. The molecule has 3 aromatic rings. The van der Waals surface area contributed by atoms with Crippen LogP contribution in [-0.2, 0) is 21.0 Å². The topological polar surface area (TPSA) is 78.8 Å². The number of nitrogens with one attached hydrogen (secondary N) is 1. The lowest BCUT2D eigenvalue weighted by Gasteiger charge is -2.25. The van der Waals surface area contributed by atoms with Crippen LogP contribution in [0.1, 0.15) is 16.7 Å². The molecule has 0 heterocycles. The number of amides is 1. The van der Waals surface area contributed by atoms with E-state index in [0.29, 0.717) is 11.3 Å². The van der Waals surface area contributed by atoms with Gasteiger partial charge in [-0.15, -0.1) is 0 Å². The average Bonchev–Trinajstić information content (AvgIpc) is 2.78. The number of hydrogen-bond acceptors (Lipinski definition) is 4. The molecule has 3 rings (SSSR count). The predicted molar refractivity (Wildman–Crippen MR) is 119 cm³/mol. The van der Waals surface area contributed by atoms with E-state index in [-0.39, 0.29) is 10.5 Å². The molecule has 0 atom stereocenters. The summed E-state index contributed by atoms with van der Waals surface area (Å²) in [4.78, 5) is 12.5. The van der Waals surface area contributed by atoms with Crippen molar-refractivity contribution in [1.82, 2.24) is 5.43 Å². The van der Waals surface area contributed by atoms with Crippen LogP contribution in [0.2, 0.25) is 0 Å². The number of aryl methyl sites for hydroxylation is 1. The molecule has 0 aliphatic rings. The second kappa shape index (κ2) is 9.86. The highest BCUT2D eigenvalue weighted by Gasteiger charge is 2.32. The van der Waals surface area contributed by atoms with E-state index in [9.17, 15) is 26.4 Å². The van der Waals surface area contributed by atoms with Gasteiger partial charge in [0.05, 0.1) is 22.4 Å². The van der Waals surface area contributed by atoms with Gasteiger partial charge >= 0.3 is 6.18 Å². The fourth-order valence-corrected chi connectivity index (χ4v) is 4.58. The third-order valence-corrected chi connectivity index (χ3v) is 6.44. The van der Waals surface area contributed by atoms with Crippen LogP contribution in [0.15, 0.2) is 88.9 Å². The van der Waals surface area contributed by atoms with Crippen molar-refractivity contribution in [2.24, 2.45) is 5.10 Å². The van der Waals surface area contributed by atoms with Crippen LogP contribution < -0.4 is 9.73 Å². The predicted octanol–water partition coefficient (Wildman–Crippen LogP) is 4.36. The van der Waals surface area contributed by atoms with Crippen LogP contribution in [0, 0.1) is 6.92 Å². The monoisotopic (exact) mass is 475 g/mol. The van der Waals surface area contributed by atoms with E-state index in [1.807, 2.05) is 0 Å². The molecule has 0 bridgehead atoms. The van der Waals surface area contributed by atoms with Crippen LogP contribution >= 0.6 is 0 Å². The first-order valence-electron chi connectivity index (χ1n) is 9.72. The lowest BCUT2D eigenvalue weighted by Crippen LogP contribution is -2.40. The maximum absolute atomic E-state index is 13.3. The van der Waals surface area contributed by atoms with Crippen molar-refractivity contribution in [3.8, 4) is 0 Å². The Kier molecular flexibility index (Phi) is 7.17. The van der Waals surface area contributed by atoms with Gasteiger partial charge in [0.25, 0.3) is 15.9 Å². The normalized spacial score (nSPS) is 12.0. The third kappa shape index (κ3) is 5.78. The molecule has 1 N–H and O–H groups in total. The molecular weight excluding hydrogens is 455 g/mol. The smallest absolute Gasteiger partial charge is 0.271 e. The van der Waals surface area contributed by atoms with Gasteiger partial charge in [0.2, 0.25) is 0 Å². The first-order chi connectivity index (χ1) is 15.6. The Morgan fingerprint density at radius 1 is 0.970 bits per heavy atom. The molecule has 0 aliphatic carbocycles. The highest BCUT2D eigenvalue weighted by molar-refractivity contribution is 7.92. The number of anilines is 1. The number of carbonyl (C=O) groups is 1. The summed E-state index contributed by atoms with van der Waals surface area (Å²) in [7, 11) is -4.10. The molecule has 172 valence electrons. The summed E-state index contributed by atoms with van der Waals surface area (Å²) in [5, 5.41) is 3.59. The number of para-hydroxylation sites is 1. The van der Waals surface area contributed by atoms with Gasteiger partial charge in [-0.05, 0) is 36.8 Å². The van der Waals surface area contributed by atoms with E-state index in [4.69, 9.17) is 0 Å². The Morgan fingerprint density at radius 2 is 1.58 bits per heavy atom. The van der Waals surface area contributed by atoms with Gasteiger partial charge in [-0.3, -0.25) is 9.10 Å². The molecule has 0 radical (unpaired) electrons. The molecule has 0 saturated carbocycles. The van der Waals surface area contributed by atoms with Crippen LogP contribution in [0.25, 0.3) is 0 Å². The van der Waals surface area contributed by atoms with E-state index in [2.05, 4.69) is 10.5 Å². The zero-order valence-corrected chi connectivity index (χ0v) is 18.3. The second-order valence-corrected chi connectivity index (χ2v) is 8.85. The lowest BCUT2D eigenvalue weighted by molar-refractivity contribution is -0.137. The molecule has 0 aliphatic heterocycles. The summed E-state index contributed by atoms with van der Waals surface area (Å²) in [5.74, 6) is -0.821. The fourth-order valence-electron chi connectivity index (χ4n) is 3.07. The van der Waals surface area contributed by atoms with Crippen LogP contribution in [0.3, 0.4) is 0 Å². The summed E-state index contributed by atoms with van der Waals surface area (Å²) in [5.41, 5.74) is 1.88. The molecule has 33 heavy (non-hydrogen) atoms. The minimum absolute atomic E-state index is 0.0105. The molecule has 0 fully saturated rings. The Bertz CT molecular complexity index is 1260. The standard InChI is InChI=1S/C23H20F3N3O3S/c1-17-9-5-8-14-21(17)29(33(31,32)19-11-3-2-4-12-19)16-22(30)28-27-15-18-10-6-7-13-20(18)23(24,25)26/h2-15H,16H2,1H3,(H,28,30)/b27-15-. The quantitative estimate of drug-likeness (QED) is 0.407. The molecule has 6 nitrogen and oxygen atoms in total. The number of halogens is 3.